The number of carbonyl (C=O) groups excluding carboxylic acids is 1. The number of aromatic nitrogens is 2. The fourth-order valence-electron chi connectivity index (χ4n) is 2.93. The summed E-state index contributed by atoms with van der Waals surface area (Å²) < 4.78 is 1.99. The number of rotatable bonds is 5. The average Bonchev–Trinajstić information content (AvgIpc) is 3.10. The van der Waals surface area contributed by atoms with Crippen LogP contribution in [0.2, 0.25) is 5.02 Å². The highest BCUT2D eigenvalue weighted by atomic mass is 35.5. The first-order valence-corrected chi connectivity index (χ1v) is 9.81. The molecule has 1 unspecified atom stereocenters. The molecule has 1 amide bonds. The smallest absolute Gasteiger partial charge is 0.235 e. The number of carbonyl (C=O) groups is 1. The summed E-state index contributed by atoms with van der Waals surface area (Å²) >= 11 is 7.46. The van der Waals surface area contributed by atoms with Gasteiger partial charge in [0, 0.05) is 49.3 Å². The monoisotopic (exact) mass is 378 g/mol. The van der Waals surface area contributed by atoms with Crippen LogP contribution in [0.1, 0.15) is 13.8 Å². The van der Waals surface area contributed by atoms with Crippen LogP contribution in [0.4, 0.5) is 0 Å². The number of nitrogens with zero attached hydrogens (tertiary/aromatic N) is 4. The van der Waals surface area contributed by atoms with Crippen LogP contribution in [0.25, 0.3) is 5.69 Å². The highest BCUT2D eigenvalue weighted by Gasteiger charge is 2.26. The molecule has 0 spiro atoms. The fourth-order valence-corrected chi connectivity index (χ4v) is 4.02. The van der Waals surface area contributed by atoms with Gasteiger partial charge in [-0.25, -0.2) is 4.98 Å². The molecule has 25 heavy (non-hydrogen) atoms. The van der Waals surface area contributed by atoms with Crippen molar-refractivity contribution in [1.82, 2.24) is 19.4 Å². The predicted octanol–water partition coefficient (Wildman–Crippen LogP) is 3.17. The molecule has 1 fully saturated rings. The van der Waals surface area contributed by atoms with E-state index in [1.54, 1.807) is 6.20 Å². The van der Waals surface area contributed by atoms with E-state index in [9.17, 15) is 4.79 Å². The molecule has 0 radical (unpaired) electrons. The normalized spacial score (nSPS) is 16.8. The van der Waals surface area contributed by atoms with Gasteiger partial charge in [0.15, 0.2) is 5.16 Å². The van der Waals surface area contributed by atoms with Gasteiger partial charge in [0.25, 0.3) is 0 Å². The molecule has 1 aromatic heterocycles. The number of hydrogen-bond donors (Lipinski definition) is 0. The lowest BCUT2D eigenvalue weighted by Crippen LogP contribution is -2.50. The maximum Gasteiger partial charge on any atom is 0.235 e. The molecule has 134 valence electrons. The van der Waals surface area contributed by atoms with Crippen molar-refractivity contribution in [1.29, 1.82) is 0 Å². The topological polar surface area (TPSA) is 41.4 Å². The van der Waals surface area contributed by atoms with E-state index in [1.165, 1.54) is 11.8 Å². The Balaban J connectivity index is 1.65. The molecule has 0 bridgehead atoms. The van der Waals surface area contributed by atoms with Crippen molar-refractivity contribution in [3.8, 4) is 5.69 Å². The quantitative estimate of drug-likeness (QED) is 0.749. The van der Waals surface area contributed by atoms with Gasteiger partial charge in [-0.2, -0.15) is 0 Å². The Morgan fingerprint density at radius 3 is 2.56 bits per heavy atom. The Morgan fingerprint density at radius 2 is 1.92 bits per heavy atom. The molecule has 1 atom stereocenters. The molecule has 1 saturated heterocycles. The fraction of sp³-hybridized carbons (Fsp3) is 0.444. The summed E-state index contributed by atoms with van der Waals surface area (Å²) in [6.45, 7) is 8.70. The van der Waals surface area contributed by atoms with E-state index in [-0.39, 0.29) is 11.2 Å². The maximum atomic E-state index is 12.7. The van der Waals surface area contributed by atoms with E-state index in [0.717, 1.165) is 43.6 Å². The van der Waals surface area contributed by atoms with Crippen molar-refractivity contribution in [3.63, 3.8) is 0 Å². The standard InChI is InChI=1S/C18H23ClN4OS/c1-3-21-10-12-22(13-11-21)17(24)14(2)25-18-20-8-9-23(18)16-6-4-15(19)5-7-16/h4-9,14H,3,10-13H2,1-2H3. The van der Waals surface area contributed by atoms with Crippen LogP contribution in [0.5, 0.6) is 0 Å². The van der Waals surface area contributed by atoms with Crippen molar-refractivity contribution in [3.05, 3.63) is 41.7 Å². The number of piperazine rings is 1. The van der Waals surface area contributed by atoms with Crippen LogP contribution >= 0.6 is 23.4 Å². The first-order valence-electron chi connectivity index (χ1n) is 8.55. The van der Waals surface area contributed by atoms with Crippen molar-refractivity contribution in [2.45, 2.75) is 24.3 Å². The minimum absolute atomic E-state index is 0.165. The van der Waals surface area contributed by atoms with E-state index in [0.29, 0.717) is 5.02 Å². The van der Waals surface area contributed by atoms with Crippen molar-refractivity contribution in [2.24, 2.45) is 0 Å². The molecule has 1 aliphatic heterocycles. The molecular weight excluding hydrogens is 356 g/mol. The molecular formula is C18H23ClN4OS. The van der Waals surface area contributed by atoms with Crippen LogP contribution in [0.3, 0.4) is 0 Å². The number of benzene rings is 1. The van der Waals surface area contributed by atoms with Gasteiger partial charge in [-0.15, -0.1) is 0 Å². The lowest BCUT2D eigenvalue weighted by molar-refractivity contribution is -0.132. The number of likely N-dealkylation sites (N-methyl/N-ethyl adjacent to an activating group) is 1. The molecule has 3 rings (SSSR count). The van der Waals surface area contributed by atoms with Gasteiger partial charge in [0.05, 0.1) is 5.25 Å². The summed E-state index contributed by atoms with van der Waals surface area (Å²) in [6, 6.07) is 7.61. The van der Waals surface area contributed by atoms with Crippen molar-refractivity contribution >= 4 is 29.3 Å². The minimum atomic E-state index is -0.165. The molecule has 2 aromatic rings. The number of thioether (sulfide) groups is 1. The molecule has 0 aliphatic carbocycles. The Morgan fingerprint density at radius 1 is 1.24 bits per heavy atom. The minimum Gasteiger partial charge on any atom is -0.339 e. The van der Waals surface area contributed by atoms with Gasteiger partial charge in [-0.3, -0.25) is 9.36 Å². The predicted molar refractivity (Wildman–Crippen MR) is 103 cm³/mol. The van der Waals surface area contributed by atoms with Gasteiger partial charge >= 0.3 is 0 Å². The lowest BCUT2D eigenvalue weighted by atomic mass is 10.3. The van der Waals surface area contributed by atoms with Crippen molar-refractivity contribution < 1.29 is 4.79 Å². The summed E-state index contributed by atoms with van der Waals surface area (Å²) in [7, 11) is 0. The van der Waals surface area contributed by atoms with E-state index >= 15 is 0 Å². The second kappa shape index (κ2) is 8.25. The van der Waals surface area contributed by atoms with Gasteiger partial charge in [-0.1, -0.05) is 30.3 Å². The van der Waals surface area contributed by atoms with Crippen LogP contribution in [0.15, 0.2) is 41.8 Å². The number of amides is 1. The zero-order valence-electron chi connectivity index (χ0n) is 14.6. The summed E-state index contributed by atoms with van der Waals surface area (Å²) in [5.41, 5.74) is 0.987. The number of hydrogen-bond acceptors (Lipinski definition) is 4. The Bertz CT molecular complexity index is 710. The Labute approximate surface area is 158 Å². The molecule has 0 N–H and O–H groups in total. The first-order chi connectivity index (χ1) is 12.1. The second-order valence-corrected chi connectivity index (χ2v) is 7.82. The van der Waals surface area contributed by atoms with E-state index in [1.807, 2.05) is 46.9 Å². The van der Waals surface area contributed by atoms with Gasteiger partial charge < -0.3 is 9.80 Å². The van der Waals surface area contributed by atoms with Crippen molar-refractivity contribution in [2.75, 3.05) is 32.7 Å². The number of halogens is 1. The second-order valence-electron chi connectivity index (χ2n) is 6.08. The summed E-state index contributed by atoms with van der Waals surface area (Å²) in [6.07, 6.45) is 3.66. The number of imidazole rings is 1. The third-order valence-electron chi connectivity index (χ3n) is 4.47. The molecule has 7 heteroatoms. The molecule has 0 saturated carbocycles. The maximum absolute atomic E-state index is 12.7. The summed E-state index contributed by atoms with van der Waals surface area (Å²) in [4.78, 5) is 21.5. The largest absolute Gasteiger partial charge is 0.339 e. The lowest BCUT2D eigenvalue weighted by Gasteiger charge is -2.35. The van der Waals surface area contributed by atoms with Gasteiger partial charge in [0.1, 0.15) is 0 Å². The van der Waals surface area contributed by atoms with Gasteiger partial charge in [-0.05, 0) is 37.7 Å². The van der Waals surface area contributed by atoms with Crippen LogP contribution in [0, 0.1) is 0 Å². The molecule has 1 aromatic carbocycles. The molecule has 2 heterocycles. The Hall–Kier alpha value is -1.50. The zero-order chi connectivity index (χ0) is 17.8. The first kappa shape index (κ1) is 18.3. The SMILES string of the molecule is CCN1CCN(C(=O)C(C)Sc2nccn2-c2ccc(Cl)cc2)CC1. The summed E-state index contributed by atoms with van der Waals surface area (Å²) in [5.74, 6) is 0.186. The van der Waals surface area contributed by atoms with E-state index < -0.39 is 0 Å². The van der Waals surface area contributed by atoms with Crippen LogP contribution in [-0.4, -0.2) is 63.2 Å². The van der Waals surface area contributed by atoms with Gasteiger partial charge in [0.2, 0.25) is 5.91 Å². The zero-order valence-corrected chi connectivity index (χ0v) is 16.1. The van der Waals surface area contributed by atoms with E-state index in [4.69, 9.17) is 11.6 Å². The Kier molecular flexibility index (Phi) is 6.04. The highest BCUT2D eigenvalue weighted by Crippen LogP contribution is 2.26. The summed E-state index contributed by atoms with van der Waals surface area (Å²) in [5, 5.41) is 1.35. The molecule has 5 nitrogen and oxygen atoms in total. The third kappa shape index (κ3) is 4.37. The molecule has 1 aliphatic rings. The average molecular weight is 379 g/mol. The third-order valence-corrected chi connectivity index (χ3v) is 5.79. The highest BCUT2D eigenvalue weighted by molar-refractivity contribution is 8.00. The van der Waals surface area contributed by atoms with E-state index in [2.05, 4.69) is 16.8 Å². The van der Waals surface area contributed by atoms with Crippen LogP contribution in [-0.2, 0) is 4.79 Å². The van der Waals surface area contributed by atoms with Crippen LogP contribution < -0.4 is 0 Å².